The van der Waals surface area contributed by atoms with E-state index >= 15 is 0 Å². The van der Waals surface area contributed by atoms with Crippen LogP contribution in [0.15, 0.2) is 30.5 Å². The van der Waals surface area contributed by atoms with Gasteiger partial charge in [0.1, 0.15) is 23.7 Å². The van der Waals surface area contributed by atoms with E-state index in [-0.39, 0.29) is 16.8 Å². The quantitative estimate of drug-likeness (QED) is 0.482. The fourth-order valence-corrected chi connectivity index (χ4v) is 4.97. The van der Waals surface area contributed by atoms with Gasteiger partial charge in [-0.15, -0.1) is 0 Å². The van der Waals surface area contributed by atoms with Gasteiger partial charge in [0.2, 0.25) is 5.95 Å². The minimum atomic E-state index is -2.70. The van der Waals surface area contributed by atoms with Gasteiger partial charge < -0.3 is 24.8 Å². The number of anilines is 4. The van der Waals surface area contributed by atoms with Crippen molar-refractivity contribution in [3.05, 3.63) is 58.5 Å². The molecule has 0 amide bonds. The zero-order chi connectivity index (χ0) is 23.8. The number of fused-ring (bicyclic) bond motifs is 1. The van der Waals surface area contributed by atoms with Crippen molar-refractivity contribution < 1.29 is 13.7 Å². The molecule has 2 N–H and O–H groups in total. The monoisotopic (exact) mass is 488 g/mol. The molecule has 0 atom stereocenters. The summed E-state index contributed by atoms with van der Waals surface area (Å²) in [4.78, 5) is 11.0. The third kappa shape index (κ3) is 5.29. The molecule has 0 unspecified atom stereocenters. The third-order valence-electron chi connectivity index (χ3n) is 5.44. The Hall–Kier alpha value is -2.67. The van der Waals surface area contributed by atoms with Crippen LogP contribution in [-0.4, -0.2) is 48.9 Å². The molecule has 10 heteroatoms. The second kappa shape index (κ2) is 9.29. The molecule has 4 rings (SSSR count). The smallest absolute Gasteiger partial charge is 0.229 e. The molecule has 7 nitrogen and oxygen atoms in total. The fraction of sp³-hybridized carbons (Fsp3) is 0.304. The number of nitrogens with one attached hydrogen (secondary N) is 2. The zero-order valence-corrected chi connectivity index (χ0v) is 20.5. The second-order valence-corrected chi connectivity index (χ2v) is 12.0. The molecule has 33 heavy (non-hydrogen) atoms. The molecular weight excluding hydrogens is 464 g/mol. The van der Waals surface area contributed by atoms with Crippen molar-refractivity contribution in [2.75, 3.05) is 44.7 Å². The Morgan fingerprint density at radius 1 is 1.21 bits per heavy atom. The van der Waals surface area contributed by atoms with Crippen LogP contribution in [0.1, 0.15) is 11.1 Å². The number of aromatic nitrogens is 2. The van der Waals surface area contributed by atoms with Crippen LogP contribution in [0.3, 0.4) is 0 Å². The lowest BCUT2D eigenvalue weighted by molar-refractivity contribution is 0.312. The number of ether oxygens (including phenoxy) is 1. The summed E-state index contributed by atoms with van der Waals surface area (Å²) in [5, 5.41) is 6.89. The molecule has 0 saturated carbocycles. The summed E-state index contributed by atoms with van der Waals surface area (Å²) in [6.45, 7) is 5.05. The van der Waals surface area contributed by atoms with E-state index in [4.69, 9.17) is 16.3 Å². The molecule has 0 fully saturated rings. The molecule has 0 bridgehead atoms. The minimum Gasteiger partial charge on any atom is -0.495 e. The highest BCUT2D eigenvalue weighted by Crippen LogP contribution is 2.39. The van der Waals surface area contributed by atoms with Crippen LogP contribution >= 0.6 is 18.7 Å². The topological polar surface area (TPSA) is 79.4 Å². The van der Waals surface area contributed by atoms with E-state index in [2.05, 4.69) is 38.6 Å². The predicted molar refractivity (Wildman–Crippen MR) is 131 cm³/mol. The molecule has 173 valence electrons. The van der Waals surface area contributed by atoms with Gasteiger partial charge in [-0.3, -0.25) is 0 Å². The van der Waals surface area contributed by atoms with Gasteiger partial charge in [-0.25, -0.2) is 9.37 Å². The van der Waals surface area contributed by atoms with Crippen molar-refractivity contribution in [3.8, 4) is 5.75 Å². The predicted octanol–water partition coefficient (Wildman–Crippen LogP) is 4.80. The van der Waals surface area contributed by atoms with Gasteiger partial charge in [-0.1, -0.05) is 11.6 Å². The highest BCUT2D eigenvalue weighted by molar-refractivity contribution is 7.70. The Balaban J connectivity index is 1.67. The maximum Gasteiger partial charge on any atom is 0.229 e. The van der Waals surface area contributed by atoms with Crippen LogP contribution in [0.25, 0.3) is 0 Å². The Labute approximate surface area is 197 Å². The van der Waals surface area contributed by atoms with Crippen molar-refractivity contribution in [2.45, 2.75) is 13.0 Å². The molecule has 0 spiro atoms. The van der Waals surface area contributed by atoms with Crippen LogP contribution < -0.4 is 20.7 Å². The summed E-state index contributed by atoms with van der Waals surface area (Å²) in [5.74, 6) is 0.644. The third-order valence-corrected chi connectivity index (χ3v) is 7.25. The zero-order valence-electron chi connectivity index (χ0n) is 18.9. The molecule has 3 aromatic rings. The van der Waals surface area contributed by atoms with E-state index in [0.717, 1.165) is 25.2 Å². The standard InChI is InChI=1S/C23H25ClFN5O2P/c1-30-8-7-14-10-20(32-2)18(9-15(14)13-30)28-23-26-12-17(24)22(29-23)27-19-11-16(25)5-6-21(19)33(3,4)31/h6,9-12H,7-8,13H2,1-4H3,(H2,26,27,28,29). The van der Waals surface area contributed by atoms with Gasteiger partial charge in [0.05, 0.1) is 24.7 Å². The number of nitrogens with zero attached hydrogens (tertiary/aromatic N) is 3. The van der Waals surface area contributed by atoms with E-state index in [9.17, 15) is 8.96 Å². The van der Waals surface area contributed by atoms with Gasteiger partial charge in [0.15, 0.2) is 5.82 Å². The average molecular weight is 489 g/mol. The molecule has 1 radical (unpaired) electrons. The fourth-order valence-electron chi connectivity index (χ4n) is 3.76. The van der Waals surface area contributed by atoms with E-state index in [0.29, 0.717) is 16.7 Å². The lowest BCUT2D eigenvalue weighted by atomic mass is 9.99. The summed E-state index contributed by atoms with van der Waals surface area (Å²) in [6.07, 6.45) is 2.40. The van der Waals surface area contributed by atoms with Crippen molar-refractivity contribution in [3.63, 3.8) is 0 Å². The average Bonchev–Trinajstić information content (AvgIpc) is 2.74. The Morgan fingerprint density at radius 3 is 2.73 bits per heavy atom. The molecule has 0 aliphatic carbocycles. The molecular formula is C23H25ClFN5O2P. The van der Waals surface area contributed by atoms with Crippen LogP contribution in [0, 0.1) is 11.9 Å². The van der Waals surface area contributed by atoms with Crippen molar-refractivity contribution in [1.82, 2.24) is 14.9 Å². The summed E-state index contributed by atoms with van der Waals surface area (Å²) in [7, 11) is 1.00. The lowest BCUT2D eigenvalue weighted by Gasteiger charge is -2.26. The number of rotatable bonds is 6. The summed E-state index contributed by atoms with van der Waals surface area (Å²) < 4.78 is 32.1. The normalized spacial score (nSPS) is 14.0. The first-order valence-electron chi connectivity index (χ1n) is 10.4. The number of benzene rings is 2. The lowest BCUT2D eigenvalue weighted by Crippen LogP contribution is -2.26. The molecule has 2 heterocycles. The Morgan fingerprint density at radius 2 is 2.00 bits per heavy atom. The van der Waals surface area contributed by atoms with Gasteiger partial charge in [-0.05, 0) is 62.2 Å². The van der Waals surface area contributed by atoms with E-state index < -0.39 is 13.0 Å². The summed E-state index contributed by atoms with van der Waals surface area (Å²) >= 11 is 6.31. The Bertz CT molecular complexity index is 1250. The molecule has 1 aliphatic heterocycles. The number of methoxy groups -OCH3 is 1. The molecule has 1 aromatic heterocycles. The first-order chi connectivity index (χ1) is 15.6. The van der Waals surface area contributed by atoms with Crippen LogP contribution in [-0.2, 0) is 17.5 Å². The minimum absolute atomic E-state index is 0.237. The van der Waals surface area contributed by atoms with E-state index in [1.54, 1.807) is 20.4 Å². The highest BCUT2D eigenvalue weighted by atomic mass is 35.5. The Kier molecular flexibility index (Phi) is 6.61. The number of hydrogen-bond acceptors (Lipinski definition) is 7. The van der Waals surface area contributed by atoms with Crippen molar-refractivity contribution in [2.24, 2.45) is 0 Å². The van der Waals surface area contributed by atoms with Crippen molar-refractivity contribution in [1.29, 1.82) is 0 Å². The highest BCUT2D eigenvalue weighted by Gasteiger charge is 2.20. The van der Waals surface area contributed by atoms with Gasteiger partial charge >= 0.3 is 0 Å². The maximum atomic E-state index is 13.9. The van der Waals surface area contributed by atoms with E-state index in [1.807, 2.05) is 12.1 Å². The summed E-state index contributed by atoms with van der Waals surface area (Å²) in [6, 6.07) is 9.15. The number of halogens is 2. The SMILES string of the molecule is COc1cc2c(cc1Nc1ncc(Cl)c(Nc3cc(F)[c]cc3P(C)(C)=O)n1)CN(C)CC2. The van der Waals surface area contributed by atoms with Crippen LogP contribution in [0.5, 0.6) is 5.75 Å². The van der Waals surface area contributed by atoms with Gasteiger partial charge in [0, 0.05) is 24.5 Å². The summed E-state index contributed by atoms with van der Waals surface area (Å²) in [5.41, 5.74) is 3.52. The molecule has 1 aliphatic rings. The first-order valence-corrected chi connectivity index (χ1v) is 13.3. The number of likely N-dealkylation sites (N-methyl/N-ethyl adjacent to an activating group) is 1. The van der Waals surface area contributed by atoms with Gasteiger partial charge in [0.25, 0.3) is 0 Å². The van der Waals surface area contributed by atoms with Gasteiger partial charge in [-0.2, -0.15) is 4.98 Å². The van der Waals surface area contributed by atoms with Crippen LogP contribution in [0.4, 0.5) is 27.5 Å². The largest absolute Gasteiger partial charge is 0.495 e. The first kappa shape index (κ1) is 23.5. The molecule has 0 saturated heterocycles. The van der Waals surface area contributed by atoms with Crippen LogP contribution in [0.2, 0.25) is 5.02 Å². The molecule has 2 aromatic carbocycles. The van der Waals surface area contributed by atoms with E-state index in [1.165, 1.54) is 29.5 Å². The maximum absolute atomic E-state index is 13.9. The van der Waals surface area contributed by atoms with Crippen molar-refractivity contribution >= 4 is 47.2 Å². The number of hydrogen-bond donors (Lipinski definition) is 2. The second-order valence-electron chi connectivity index (χ2n) is 8.38.